The van der Waals surface area contributed by atoms with Gasteiger partial charge in [0.1, 0.15) is 6.10 Å². The van der Waals surface area contributed by atoms with Crippen LogP contribution in [0.5, 0.6) is 0 Å². The first-order valence-electron chi connectivity index (χ1n) is 4.51. The van der Waals surface area contributed by atoms with Gasteiger partial charge in [0.15, 0.2) is 0 Å². The number of aliphatic hydroxyl groups is 1. The summed E-state index contributed by atoms with van der Waals surface area (Å²) in [5.74, 6) is 0. The van der Waals surface area contributed by atoms with Crippen molar-refractivity contribution in [3.8, 4) is 6.07 Å². The molecule has 1 heterocycles. The lowest BCUT2D eigenvalue weighted by molar-refractivity contribution is 0.0104. The molecule has 0 aliphatic heterocycles. The molecule has 1 N–H and O–H groups in total. The third-order valence-corrected chi connectivity index (χ3v) is 4.18. The lowest BCUT2D eigenvalue weighted by atomic mass is 9.66. The van der Waals surface area contributed by atoms with E-state index in [2.05, 4.69) is 6.07 Å². The summed E-state index contributed by atoms with van der Waals surface area (Å²) in [7, 11) is 0. The van der Waals surface area contributed by atoms with Crippen molar-refractivity contribution in [2.24, 2.45) is 5.41 Å². The second-order valence-electron chi connectivity index (χ2n) is 3.69. The number of hydrogen-bond donors (Lipinski definition) is 1. The van der Waals surface area contributed by atoms with Gasteiger partial charge < -0.3 is 5.11 Å². The molecule has 1 fully saturated rings. The van der Waals surface area contributed by atoms with Gasteiger partial charge in [-0.15, -0.1) is 11.3 Å². The average Bonchev–Trinajstić information content (AvgIpc) is 2.50. The van der Waals surface area contributed by atoms with Crippen LogP contribution in [0.25, 0.3) is 0 Å². The van der Waals surface area contributed by atoms with Gasteiger partial charge in [0.05, 0.1) is 16.5 Å². The molecular formula is C10H10ClNOS. The minimum absolute atomic E-state index is 0.547. The molecule has 4 heteroatoms. The molecule has 1 saturated carbocycles. The van der Waals surface area contributed by atoms with Crippen molar-refractivity contribution < 1.29 is 5.11 Å². The maximum atomic E-state index is 10.0. The summed E-state index contributed by atoms with van der Waals surface area (Å²) in [5.41, 5.74) is -0.547. The second-order valence-corrected chi connectivity index (χ2v) is 5.07. The van der Waals surface area contributed by atoms with E-state index in [4.69, 9.17) is 16.9 Å². The fourth-order valence-electron chi connectivity index (χ4n) is 1.75. The lowest BCUT2D eigenvalue weighted by Crippen LogP contribution is -2.34. The Morgan fingerprint density at radius 1 is 1.64 bits per heavy atom. The zero-order chi connectivity index (χ0) is 10.2. The molecule has 1 aromatic heterocycles. The number of rotatable bonds is 2. The standard InChI is InChI=1S/C10H10ClNOS/c11-7-4-8(14-5-7)9(13)10(6-12)2-1-3-10/h4-5,9,13H,1-3H2. The first kappa shape index (κ1) is 9.97. The summed E-state index contributed by atoms with van der Waals surface area (Å²) in [6.07, 6.45) is 1.95. The van der Waals surface area contributed by atoms with Crippen LogP contribution in [0.4, 0.5) is 0 Å². The minimum atomic E-state index is -0.668. The topological polar surface area (TPSA) is 44.0 Å². The smallest absolute Gasteiger partial charge is 0.107 e. The van der Waals surface area contributed by atoms with E-state index in [1.807, 2.05) is 0 Å². The Labute approximate surface area is 91.7 Å². The van der Waals surface area contributed by atoms with Gasteiger partial charge in [-0.3, -0.25) is 0 Å². The highest BCUT2D eigenvalue weighted by Gasteiger charge is 2.45. The number of thiophene rings is 1. The highest BCUT2D eigenvalue weighted by molar-refractivity contribution is 7.10. The molecular weight excluding hydrogens is 218 g/mol. The second kappa shape index (κ2) is 3.54. The Kier molecular flexibility index (Phi) is 2.52. The van der Waals surface area contributed by atoms with Crippen LogP contribution in [-0.2, 0) is 0 Å². The van der Waals surface area contributed by atoms with E-state index < -0.39 is 11.5 Å². The Hall–Kier alpha value is -0.560. The van der Waals surface area contributed by atoms with Crippen molar-refractivity contribution >= 4 is 22.9 Å². The van der Waals surface area contributed by atoms with Crippen LogP contribution >= 0.6 is 22.9 Å². The van der Waals surface area contributed by atoms with Crippen LogP contribution in [0.2, 0.25) is 5.02 Å². The van der Waals surface area contributed by atoms with Crippen molar-refractivity contribution in [1.82, 2.24) is 0 Å². The number of nitrogens with zero attached hydrogens (tertiary/aromatic N) is 1. The molecule has 1 unspecified atom stereocenters. The molecule has 0 saturated heterocycles. The monoisotopic (exact) mass is 227 g/mol. The fraction of sp³-hybridized carbons (Fsp3) is 0.500. The minimum Gasteiger partial charge on any atom is -0.386 e. The predicted molar refractivity (Wildman–Crippen MR) is 56.2 cm³/mol. The molecule has 1 aliphatic carbocycles. The molecule has 74 valence electrons. The van der Waals surface area contributed by atoms with E-state index in [-0.39, 0.29) is 0 Å². The van der Waals surface area contributed by atoms with Gasteiger partial charge in [0.2, 0.25) is 0 Å². The molecule has 2 rings (SSSR count). The summed E-state index contributed by atoms with van der Waals surface area (Å²) in [4.78, 5) is 0.802. The van der Waals surface area contributed by atoms with Gasteiger partial charge in [0, 0.05) is 10.3 Å². The van der Waals surface area contributed by atoms with Crippen LogP contribution in [0, 0.1) is 16.7 Å². The molecule has 0 amide bonds. The van der Waals surface area contributed by atoms with E-state index in [9.17, 15) is 5.11 Å². The zero-order valence-electron chi connectivity index (χ0n) is 7.53. The highest BCUT2D eigenvalue weighted by Crippen LogP contribution is 2.50. The van der Waals surface area contributed by atoms with E-state index >= 15 is 0 Å². The van der Waals surface area contributed by atoms with Crippen LogP contribution in [0.3, 0.4) is 0 Å². The first-order valence-corrected chi connectivity index (χ1v) is 5.77. The number of aliphatic hydroxyl groups excluding tert-OH is 1. The highest BCUT2D eigenvalue weighted by atomic mass is 35.5. The van der Waals surface area contributed by atoms with Gasteiger partial charge in [-0.25, -0.2) is 0 Å². The van der Waals surface area contributed by atoms with Gasteiger partial charge in [-0.1, -0.05) is 18.0 Å². The fourth-order valence-corrected chi connectivity index (χ4v) is 2.93. The molecule has 0 radical (unpaired) electrons. The van der Waals surface area contributed by atoms with Crippen LogP contribution < -0.4 is 0 Å². The maximum Gasteiger partial charge on any atom is 0.107 e. The molecule has 0 spiro atoms. The number of halogens is 1. The van der Waals surface area contributed by atoms with Crippen molar-refractivity contribution in [3.63, 3.8) is 0 Å². The summed E-state index contributed by atoms with van der Waals surface area (Å²) in [5, 5.41) is 21.5. The molecule has 1 aromatic rings. The van der Waals surface area contributed by atoms with Crippen molar-refractivity contribution in [1.29, 1.82) is 5.26 Å². The van der Waals surface area contributed by atoms with Crippen LogP contribution in [0.15, 0.2) is 11.4 Å². The van der Waals surface area contributed by atoms with E-state index in [0.717, 1.165) is 24.1 Å². The normalized spacial score (nSPS) is 20.9. The molecule has 2 nitrogen and oxygen atoms in total. The quantitative estimate of drug-likeness (QED) is 0.844. The molecule has 1 atom stereocenters. The number of hydrogen-bond acceptors (Lipinski definition) is 3. The van der Waals surface area contributed by atoms with Crippen molar-refractivity contribution in [2.75, 3.05) is 0 Å². The molecule has 14 heavy (non-hydrogen) atoms. The SMILES string of the molecule is N#CC1(C(O)c2cc(Cl)cs2)CCC1. The molecule has 1 aliphatic rings. The zero-order valence-corrected chi connectivity index (χ0v) is 9.11. The van der Waals surface area contributed by atoms with E-state index in [0.29, 0.717) is 5.02 Å². The lowest BCUT2D eigenvalue weighted by Gasteiger charge is -2.38. The van der Waals surface area contributed by atoms with Gasteiger partial charge in [-0.2, -0.15) is 5.26 Å². The molecule has 0 aromatic carbocycles. The third kappa shape index (κ3) is 1.44. The Balaban J connectivity index is 2.23. The summed E-state index contributed by atoms with van der Waals surface area (Å²) in [6.45, 7) is 0. The first-order chi connectivity index (χ1) is 6.68. The van der Waals surface area contributed by atoms with E-state index in [1.165, 1.54) is 11.3 Å². The van der Waals surface area contributed by atoms with Gasteiger partial charge in [-0.05, 0) is 18.9 Å². The summed E-state index contributed by atoms with van der Waals surface area (Å²) >= 11 is 7.19. The predicted octanol–water partition coefficient (Wildman–Crippen LogP) is 3.13. The van der Waals surface area contributed by atoms with Crippen molar-refractivity contribution in [3.05, 3.63) is 21.3 Å². The summed E-state index contributed by atoms with van der Waals surface area (Å²) in [6, 6.07) is 3.98. The molecule has 0 bridgehead atoms. The maximum absolute atomic E-state index is 10.0. The largest absolute Gasteiger partial charge is 0.386 e. The third-order valence-electron chi connectivity index (χ3n) is 2.85. The van der Waals surface area contributed by atoms with E-state index in [1.54, 1.807) is 11.4 Å². The van der Waals surface area contributed by atoms with Gasteiger partial charge in [0.25, 0.3) is 0 Å². The van der Waals surface area contributed by atoms with Gasteiger partial charge >= 0.3 is 0 Å². The summed E-state index contributed by atoms with van der Waals surface area (Å²) < 4.78 is 0. The van der Waals surface area contributed by atoms with Crippen molar-refractivity contribution in [2.45, 2.75) is 25.4 Å². The average molecular weight is 228 g/mol. The van der Waals surface area contributed by atoms with Crippen LogP contribution in [-0.4, -0.2) is 5.11 Å². The Bertz CT molecular complexity index is 378. The Morgan fingerprint density at radius 3 is 2.71 bits per heavy atom. The number of nitriles is 1. The Morgan fingerprint density at radius 2 is 2.36 bits per heavy atom. The van der Waals surface area contributed by atoms with Crippen LogP contribution in [0.1, 0.15) is 30.2 Å².